The summed E-state index contributed by atoms with van der Waals surface area (Å²) in [7, 11) is 1.49. The first-order valence-electron chi connectivity index (χ1n) is 19.9. The minimum absolute atomic E-state index is 0.0554. The van der Waals surface area contributed by atoms with Gasteiger partial charge in [-0.2, -0.15) is 26.7 Å². The number of nitrogens with one attached hydrogen (secondary N) is 4. The highest BCUT2D eigenvalue weighted by atomic mass is 35.5. The van der Waals surface area contributed by atoms with Crippen LogP contribution in [0.1, 0.15) is 84.0 Å². The van der Waals surface area contributed by atoms with Crippen molar-refractivity contribution in [2.75, 3.05) is 75.4 Å². The Labute approximate surface area is 332 Å². The maximum absolute atomic E-state index is 12.9. The standard InChI is InChI=1S/C36H58ClN11O6S/c1-24(49)31-32(53)48(22-29(52)45(31)2)21-27(50)38-15-11-8-6-4-3-5-7-9-14-28(51)46-17-19-47(20-18-46)35-43-33(37)42-34(44-35)39-16-12-10-13-26-30-25(23-55-26)40-36(54)41-30/h24-26,30-31,49H,3-23H2,1-2H3,(H,38,50)(H2,40,41,54)(H,39,42,43,44)/t24-,25+,26+,30+,31+/m1/s1. The first-order chi connectivity index (χ1) is 26.5. The van der Waals surface area contributed by atoms with Crippen LogP contribution in [-0.2, 0) is 19.2 Å². The molecule has 5 heterocycles. The third-order valence-corrected chi connectivity index (χ3v) is 12.5. The molecule has 4 fully saturated rings. The number of piperazine rings is 2. The van der Waals surface area contributed by atoms with Gasteiger partial charge in [0.1, 0.15) is 19.1 Å². The molecular formula is C36H58ClN11O6S. The van der Waals surface area contributed by atoms with Crippen LogP contribution in [0.25, 0.3) is 0 Å². The lowest BCUT2D eigenvalue weighted by atomic mass is 10.0. The van der Waals surface area contributed by atoms with Gasteiger partial charge in [0.25, 0.3) is 0 Å². The van der Waals surface area contributed by atoms with Crippen LogP contribution in [0.3, 0.4) is 0 Å². The van der Waals surface area contributed by atoms with E-state index in [2.05, 4.69) is 36.2 Å². The number of aliphatic hydroxyl groups excluding tert-OH is 1. The summed E-state index contributed by atoms with van der Waals surface area (Å²) in [5.74, 6) is 1.08. The number of aromatic nitrogens is 3. The van der Waals surface area contributed by atoms with Crippen LogP contribution >= 0.6 is 23.4 Å². The molecule has 17 nitrogen and oxygen atoms in total. The summed E-state index contributed by atoms with van der Waals surface area (Å²) in [6.45, 7) is 4.80. The Morgan fingerprint density at radius 2 is 1.62 bits per heavy atom. The van der Waals surface area contributed by atoms with Crippen molar-refractivity contribution in [2.45, 2.75) is 113 Å². The molecule has 6 amide bonds. The molecule has 4 saturated heterocycles. The van der Waals surface area contributed by atoms with Crippen LogP contribution < -0.4 is 26.2 Å². The summed E-state index contributed by atoms with van der Waals surface area (Å²) in [5, 5.41) is 22.6. The Balaban J connectivity index is 0.856. The van der Waals surface area contributed by atoms with Crippen LogP contribution in [0.5, 0.6) is 0 Å². The van der Waals surface area contributed by atoms with Gasteiger partial charge in [0.2, 0.25) is 40.8 Å². The van der Waals surface area contributed by atoms with Gasteiger partial charge in [-0.3, -0.25) is 19.2 Å². The number of thioether (sulfide) groups is 1. The van der Waals surface area contributed by atoms with E-state index in [-0.39, 0.29) is 54.2 Å². The Morgan fingerprint density at radius 1 is 0.927 bits per heavy atom. The predicted octanol–water partition coefficient (Wildman–Crippen LogP) is 1.60. The summed E-state index contributed by atoms with van der Waals surface area (Å²) < 4.78 is 0. The molecule has 5 rings (SSSR count). The van der Waals surface area contributed by atoms with Crippen LogP contribution in [0, 0.1) is 0 Å². The van der Waals surface area contributed by atoms with Crippen LogP contribution in [0.4, 0.5) is 16.7 Å². The van der Waals surface area contributed by atoms with Gasteiger partial charge in [-0.05, 0) is 44.2 Å². The van der Waals surface area contributed by atoms with E-state index in [1.807, 2.05) is 21.6 Å². The molecule has 0 bridgehead atoms. The molecule has 0 radical (unpaired) electrons. The highest BCUT2D eigenvalue weighted by Crippen LogP contribution is 2.33. The van der Waals surface area contributed by atoms with Gasteiger partial charge in [-0.1, -0.05) is 44.9 Å². The zero-order valence-corrected chi connectivity index (χ0v) is 33.7. The number of hydrogen-bond donors (Lipinski definition) is 5. The molecule has 0 aliphatic carbocycles. The number of unbranched alkanes of at least 4 members (excludes halogenated alkanes) is 8. The van der Waals surface area contributed by atoms with Gasteiger partial charge in [0, 0.05) is 63.7 Å². The molecule has 0 unspecified atom stereocenters. The maximum atomic E-state index is 12.9. The Morgan fingerprint density at radius 3 is 2.35 bits per heavy atom. The van der Waals surface area contributed by atoms with Gasteiger partial charge in [0.15, 0.2) is 0 Å². The summed E-state index contributed by atoms with van der Waals surface area (Å²) in [6, 6.07) is -0.557. The van der Waals surface area contributed by atoms with Gasteiger partial charge in [0.05, 0.1) is 18.2 Å². The Bertz CT molecular complexity index is 1490. The Hall–Kier alpha value is -3.64. The zero-order valence-electron chi connectivity index (χ0n) is 32.1. The van der Waals surface area contributed by atoms with Gasteiger partial charge in [-0.15, -0.1) is 0 Å². The van der Waals surface area contributed by atoms with Crippen molar-refractivity contribution < 1.29 is 29.1 Å². The average molecular weight is 808 g/mol. The quantitative estimate of drug-likeness (QED) is 0.0888. The molecule has 19 heteroatoms. The number of fused-ring (bicyclic) bond motifs is 1. The number of hydrogen-bond acceptors (Lipinski definition) is 12. The van der Waals surface area contributed by atoms with Crippen molar-refractivity contribution in [3.8, 4) is 0 Å². The number of anilines is 2. The van der Waals surface area contributed by atoms with Gasteiger partial charge >= 0.3 is 6.03 Å². The van der Waals surface area contributed by atoms with E-state index in [1.54, 1.807) is 0 Å². The smallest absolute Gasteiger partial charge is 0.315 e. The SMILES string of the molecule is C[C@@H](O)[C@H]1C(=O)N(CC(=O)NCCCCCCCCCCC(=O)N2CCN(c3nc(Cl)nc(NCCCC[C@@H]4SC[C@@H]5NC(=O)N[C@@H]54)n3)CC2)CC(=O)N1C. The van der Waals surface area contributed by atoms with Crippen LogP contribution in [0.2, 0.25) is 5.28 Å². The maximum Gasteiger partial charge on any atom is 0.315 e. The van der Waals surface area contributed by atoms with E-state index < -0.39 is 18.1 Å². The number of urea groups is 1. The second-order valence-electron chi connectivity index (χ2n) is 15.0. The molecule has 5 N–H and O–H groups in total. The summed E-state index contributed by atoms with van der Waals surface area (Å²) >= 11 is 8.18. The molecule has 0 saturated carbocycles. The lowest BCUT2D eigenvalue weighted by molar-refractivity contribution is -0.159. The third kappa shape index (κ3) is 12.4. The summed E-state index contributed by atoms with van der Waals surface area (Å²) in [5.41, 5.74) is 0. The minimum atomic E-state index is -1.02. The molecule has 306 valence electrons. The molecule has 4 aliphatic rings. The largest absolute Gasteiger partial charge is 0.391 e. The number of amides is 6. The number of likely N-dealkylation sites (N-methyl/N-ethyl adjacent to an activating group) is 1. The average Bonchev–Trinajstić information content (AvgIpc) is 3.71. The van der Waals surface area contributed by atoms with E-state index in [0.29, 0.717) is 62.8 Å². The summed E-state index contributed by atoms with van der Waals surface area (Å²) in [6.07, 6.45) is 10.6. The number of aliphatic hydroxyl groups is 1. The van der Waals surface area contributed by atoms with Gasteiger partial charge in [-0.25, -0.2) is 4.79 Å². The lowest BCUT2D eigenvalue weighted by Crippen LogP contribution is -2.63. The fourth-order valence-corrected chi connectivity index (χ4v) is 9.33. The summed E-state index contributed by atoms with van der Waals surface area (Å²) in [4.78, 5) is 81.3. The minimum Gasteiger partial charge on any atom is -0.391 e. The fraction of sp³-hybridized carbons (Fsp3) is 0.778. The first kappa shape index (κ1) is 42.5. The second-order valence-corrected chi connectivity index (χ2v) is 16.6. The monoisotopic (exact) mass is 807 g/mol. The molecule has 0 aromatic carbocycles. The molecular weight excluding hydrogens is 750 g/mol. The van der Waals surface area contributed by atoms with Crippen molar-refractivity contribution in [3.63, 3.8) is 0 Å². The first-order valence-corrected chi connectivity index (χ1v) is 21.3. The number of rotatable bonds is 21. The van der Waals surface area contributed by atoms with Crippen LogP contribution in [0.15, 0.2) is 0 Å². The second kappa shape index (κ2) is 21.0. The van der Waals surface area contributed by atoms with E-state index in [1.165, 1.54) is 23.8 Å². The number of nitrogens with zero attached hydrogens (tertiary/aromatic N) is 7. The molecule has 4 aliphatic heterocycles. The molecule has 0 spiro atoms. The molecule has 1 aromatic heterocycles. The molecule has 5 atom stereocenters. The fourth-order valence-electron chi connectivity index (χ4n) is 7.63. The van der Waals surface area contributed by atoms with Crippen molar-refractivity contribution in [3.05, 3.63) is 5.28 Å². The van der Waals surface area contributed by atoms with E-state index in [4.69, 9.17) is 11.6 Å². The normalized spacial score (nSPS) is 23.1. The van der Waals surface area contributed by atoms with E-state index in [9.17, 15) is 29.1 Å². The lowest BCUT2D eigenvalue weighted by Gasteiger charge is -2.39. The van der Waals surface area contributed by atoms with E-state index >= 15 is 0 Å². The van der Waals surface area contributed by atoms with Gasteiger partial charge < -0.3 is 46.0 Å². The van der Waals surface area contributed by atoms with Crippen molar-refractivity contribution in [1.82, 2.24) is 45.6 Å². The third-order valence-electron chi connectivity index (χ3n) is 10.8. The number of carbonyl (C=O) groups is 5. The topological polar surface area (TPSA) is 205 Å². The highest BCUT2D eigenvalue weighted by molar-refractivity contribution is 8.00. The van der Waals surface area contributed by atoms with Crippen molar-refractivity contribution in [2.24, 2.45) is 0 Å². The number of carbonyl (C=O) groups excluding carboxylic acids is 5. The van der Waals surface area contributed by atoms with Crippen molar-refractivity contribution in [1.29, 1.82) is 0 Å². The zero-order chi connectivity index (χ0) is 39.3. The molecule has 1 aromatic rings. The predicted molar refractivity (Wildman–Crippen MR) is 211 cm³/mol. The highest BCUT2D eigenvalue weighted by Gasteiger charge is 2.43. The van der Waals surface area contributed by atoms with Crippen LogP contribution in [-0.4, -0.2) is 159 Å². The number of halogens is 1. The molecule has 55 heavy (non-hydrogen) atoms. The Kier molecular flexibility index (Phi) is 16.3. The van der Waals surface area contributed by atoms with E-state index in [0.717, 1.165) is 76.4 Å². The van der Waals surface area contributed by atoms with Crippen molar-refractivity contribution >= 4 is 64.9 Å².